The molecule has 5 nitrogen and oxygen atoms in total. The molecule has 0 spiro atoms. The van der Waals surface area contributed by atoms with Gasteiger partial charge in [0.05, 0.1) is 10.9 Å². The van der Waals surface area contributed by atoms with E-state index in [2.05, 4.69) is 4.72 Å². The molecule has 0 saturated carbocycles. The number of fused-ring (bicyclic) bond motifs is 1. The zero-order valence-electron chi connectivity index (χ0n) is 11.1. The van der Waals surface area contributed by atoms with Crippen LogP contribution in [0.15, 0.2) is 35.2 Å². The van der Waals surface area contributed by atoms with Crippen LogP contribution in [0.1, 0.15) is 0 Å². The Morgan fingerprint density at radius 2 is 2.00 bits per heavy atom. The van der Waals surface area contributed by atoms with Crippen molar-refractivity contribution >= 4 is 44.6 Å². The monoisotopic (exact) mass is 379 g/mol. The summed E-state index contributed by atoms with van der Waals surface area (Å²) in [5.41, 5.74) is 0. The Balaban J connectivity index is 1.67. The summed E-state index contributed by atoms with van der Waals surface area (Å²) in [6, 6.07) is 8.55. The van der Waals surface area contributed by atoms with E-state index in [1.165, 1.54) is 6.07 Å². The topological polar surface area (TPSA) is 64.6 Å². The van der Waals surface area contributed by atoms with Gasteiger partial charge in [0.2, 0.25) is 10.0 Å². The standard InChI is InChI=1S/C13H11Cl2NO4S2/c14-12-5-11(13(15)21-12)22(17,18)16-6-8-7-19-9-3-1-2-4-10(9)20-8/h1-5,8,16H,6-7H2/t8-/m1/s1. The van der Waals surface area contributed by atoms with Crippen molar-refractivity contribution in [2.75, 3.05) is 13.2 Å². The Bertz CT molecular complexity index is 791. The minimum Gasteiger partial charge on any atom is -0.486 e. The molecule has 0 aliphatic carbocycles. The Kier molecular flexibility index (Phi) is 4.52. The normalized spacial score (nSPS) is 17.5. The summed E-state index contributed by atoms with van der Waals surface area (Å²) in [6.45, 7) is 0.331. The molecule has 118 valence electrons. The fraction of sp³-hybridized carbons (Fsp3) is 0.231. The van der Waals surface area contributed by atoms with Crippen molar-refractivity contribution in [3.8, 4) is 11.5 Å². The molecule has 22 heavy (non-hydrogen) atoms. The number of benzene rings is 1. The van der Waals surface area contributed by atoms with Crippen molar-refractivity contribution in [2.45, 2.75) is 11.0 Å². The molecule has 0 bridgehead atoms. The number of hydrogen-bond acceptors (Lipinski definition) is 5. The molecule has 0 radical (unpaired) electrons. The molecule has 1 aromatic heterocycles. The third-order valence-corrected chi connectivity index (χ3v) is 6.16. The predicted octanol–water partition coefficient (Wildman–Crippen LogP) is 3.17. The van der Waals surface area contributed by atoms with Gasteiger partial charge in [0.25, 0.3) is 0 Å². The van der Waals surface area contributed by atoms with Crippen LogP contribution in [0.3, 0.4) is 0 Å². The van der Waals surface area contributed by atoms with E-state index < -0.39 is 16.1 Å². The van der Waals surface area contributed by atoms with E-state index in [1.54, 1.807) is 12.1 Å². The third-order valence-electron chi connectivity index (χ3n) is 2.98. The van der Waals surface area contributed by atoms with E-state index in [1.807, 2.05) is 12.1 Å². The highest BCUT2D eigenvalue weighted by Crippen LogP contribution is 2.34. The van der Waals surface area contributed by atoms with Crippen molar-refractivity contribution in [1.82, 2.24) is 4.72 Å². The van der Waals surface area contributed by atoms with Crippen molar-refractivity contribution in [3.63, 3.8) is 0 Å². The van der Waals surface area contributed by atoms with Crippen LogP contribution in [0, 0.1) is 0 Å². The minimum atomic E-state index is -3.74. The second-order valence-electron chi connectivity index (χ2n) is 4.54. The van der Waals surface area contributed by atoms with Gasteiger partial charge in [-0.3, -0.25) is 0 Å². The molecule has 3 rings (SSSR count). The van der Waals surface area contributed by atoms with Gasteiger partial charge in [0, 0.05) is 0 Å². The summed E-state index contributed by atoms with van der Waals surface area (Å²) in [4.78, 5) is -0.0266. The fourth-order valence-corrected chi connectivity index (χ4v) is 5.17. The lowest BCUT2D eigenvalue weighted by Gasteiger charge is -2.26. The lowest BCUT2D eigenvalue weighted by molar-refractivity contribution is 0.0943. The molecule has 2 heterocycles. The van der Waals surface area contributed by atoms with E-state index in [4.69, 9.17) is 32.7 Å². The molecule has 0 unspecified atom stereocenters. The molecular formula is C13H11Cl2NO4S2. The highest BCUT2D eigenvalue weighted by atomic mass is 35.5. The van der Waals surface area contributed by atoms with Gasteiger partial charge in [-0.25, -0.2) is 13.1 Å². The number of thiophene rings is 1. The zero-order chi connectivity index (χ0) is 15.7. The summed E-state index contributed by atoms with van der Waals surface area (Å²) in [5.74, 6) is 1.24. The summed E-state index contributed by atoms with van der Waals surface area (Å²) in [5, 5.41) is 0. The van der Waals surface area contributed by atoms with Gasteiger partial charge in [-0.2, -0.15) is 0 Å². The van der Waals surface area contributed by atoms with Crippen molar-refractivity contribution in [3.05, 3.63) is 39.0 Å². The number of sulfonamides is 1. The Morgan fingerprint density at radius 1 is 1.27 bits per heavy atom. The highest BCUT2D eigenvalue weighted by Gasteiger charge is 2.25. The number of para-hydroxylation sites is 2. The van der Waals surface area contributed by atoms with Gasteiger partial charge >= 0.3 is 0 Å². The fourth-order valence-electron chi connectivity index (χ4n) is 1.95. The van der Waals surface area contributed by atoms with E-state index in [-0.39, 0.29) is 22.4 Å². The molecule has 1 atom stereocenters. The van der Waals surface area contributed by atoms with Crippen LogP contribution >= 0.6 is 34.5 Å². The van der Waals surface area contributed by atoms with Gasteiger partial charge in [-0.1, -0.05) is 35.3 Å². The predicted molar refractivity (Wildman–Crippen MR) is 85.9 cm³/mol. The average molecular weight is 380 g/mol. The van der Waals surface area contributed by atoms with E-state index in [0.29, 0.717) is 15.8 Å². The van der Waals surface area contributed by atoms with Gasteiger partial charge in [-0.15, -0.1) is 11.3 Å². The first-order valence-electron chi connectivity index (χ1n) is 6.29. The minimum absolute atomic E-state index is 0.0266. The van der Waals surface area contributed by atoms with Gasteiger partial charge in [0.15, 0.2) is 11.5 Å². The molecule has 1 aliphatic rings. The molecule has 9 heteroatoms. The van der Waals surface area contributed by atoms with Crippen LogP contribution in [0.5, 0.6) is 11.5 Å². The van der Waals surface area contributed by atoms with Crippen molar-refractivity contribution < 1.29 is 17.9 Å². The Morgan fingerprint density at radius 3 is 2.68 bits per heavy atom. The molecule has 0 saturated heterocycles. The van der Waals surface area contributed by atoms with E-state index in [0.717, 1.165) is 11.3 Å². The van der Waals surface area contributed by atoms with E-state index in [9.17, 15) is 8.42 Å². The number of ether oxygens (including phenoxy) is 2. The molecule has 0 fully saturated rings. The lowest BCUT2D eigenvalue weighted by Crippen LogP contribution is -2.40. The Labute approximate surface area is 141 Å². The SMILES string of the molecule is O=S(=O)(NC[C@@H]1COc2ccccc2O1)c1cc(Cl)sc1Cl. The van der Waals surface area contributed by atoms with Crippen molar-refractivity contribution in [1.29, 1.82) is 0 Å². The van der Waals surface area contributed by atoms with Crippen LogP contribution in [0.2, 0.25) is 8.67 Å². The maximum Gasteiger partial charge on any atom is 0.243 e. The van der Waals surface area contributed by atoms with Crippen LogP contribution in [-0.4, -0.2) is 27.7 Å². The smallest absolute Gasteiger partial charge is 0.243 e. The van der Waals surface area contributed by atoms with Crippen molar-refractivity contribution in [2.24, 2.45) is 0 Å². The Hall–Kier alpha value is -0.990. The van der Waals surface area contributed by atoms with Crippen LogP contribution in [-0.2, 0) is 10.0 Å². The number of rotatable bonds is 4. The maximum absolute atomic E-state index is 12.2. The quantitative estimate of drug-likeness (QED) is 0.885. The van der Waals surface area contributed by atoms with E-state index >= 15 is 0 Å². The first-order valence-corrected chi connectivity index (χ1v) is 9.34. The third kappa shape index (κ3) is 3.33. The summed E-state index contributed by atoms with van der Waals surface area (Å²) in [7, 11) is -3.74. The summed E-state index contributed by atoms with van der Waals surface area (Å²) < 4.78 is 38.5. The number of halogens is 2. The summed E-state index contributed by atoms with van der Waals surface area (Å²) in [6.07, 6.45) is -0.419. The average Bonchev–Trinajstić information content (AvgIpc) is 2.85. The molecule has 1 N–H and O–H groups in total. The molecule has 2 aromatic rings. The molecular weight excluding hydrogens is 369 g/mol. The number of hydrogen-bond donors (Lipinski definition) is 1. The first-order chi connectivity index (χ1) is 10.5. The lowest BCUT2D eigenvalue weighted by atomic mass is 10.2. The molecule has 0 amide bonds. The summed E-state index contributed by atoms with van der Waals surface area (Å²) >= 11 is 12.7. The highest BCUT2D eigenvalue weighted by molar-refractivity contribution is 7.89. The second kappa shape index (κ2) is 6.25. The first kappa shape index (κ1) is 15.9. The number of nitrogens with one attached hydrogen (secondary N) is 1. The van der Waals surface area contributed by atoms with Crippen LogP contribution in [0.25, 0.3) is 0 Å². The van der Waals surface area contributed by atoms with Gasteiger partial charge in [0.1, 0.15) is 21.9 Å². The molecule has 1 aromatic carbocycles. The van der Waals surface area contributed by atoms with Crippen LogP contribution < -0.4 is 14.2 Å². The zero-order valence-corrected chi connectivity index (χ0v) is 14.2. The second-order valence-corrected chi connectivity index (χ2v) is 8.56. The molecule has 1 aliphatic heterocycles. The largest absolute Gasteiger partial charge is 0.486 e. The van der Waals surface area contributed by atoms with Crippen LogP contribution in [0.4, 0.5) is 0 Å². The van der Waals surface area contributed by atoms with Gasteiger partial charge in [-0.05, 0) is 18.2 Å². The maximum atomic E-state index is 12.2. The van der Waals surface area contributed by atoms with Gasteiger partial charge < -0.3 is 9.47 Å².